The summed E-state index contributed by atoms with van der Waals surface area (Å²) in [5.74, 6) is -0.164. The van der Waals surface area contributed by atoms with Gasteiger partial charge in [-0.05, 0) is 52.7 Å². The summed E-state index contributed by atoms with van der Waals surface area (Å²) in [5, 5.41) is 13.4. The van der Waals surface area contributed by atoms with Crippen molar-refractivity contribution in [2.24, 2.45) is 0 Å². The van der Waals surface area contributed by atoms with Gasteiger partial charge in [-0.2, -0.15) is 0 Å². The minimum Gasteiger partial charge on any atom is -0.508 e. The van der Waals surface area contributed by atoms with Crippen molar-refractivity contribution in [1.82, 2.24) is 0 Å². The molecule has 2 aromatic rings. The fourth-order valence-corrected chi connectivity index (χ4v) is 2.32. The Morgan fingerprint density at radius 2 is 2.11 bits per heavy atom. The molecule has 0 aromatic heterocycles. The highest BCUT2D eigenvalue weighted by Crippen LogP contribution is 2.28. The Morgan fingerprint density at radius 3 is 2.79 bits per heavy atom. The predicted molar refractivity (Wildman–Crippen MR) is 79.3 cm³/mol. The molecule has 0 unspecified atom stereocenters. The smallest absolute Gasteiger partial charge is 0.137 e. The number of phenolic OH excluding ortho intramolecular Hbond substituents is 1. The largest absolute Gasteiger partial charge is 0.508 e. The van der Waals surface area contributed by atoms with Crippen LogP contribution in [-0.2, 0) is 6.54 Å². The van der Waals surface area contributed by atoms with Gasteiger partial charge < -0.3 is 10.4 Å². The summed E-state index contributed by atoms with van der Waals surface area (Å²) in [6.07, 6.45) is 0. The van der Waals surface area contributed by atoms with Gasteiger partial charge >= 0.3 is 0 Å². The van der Waals surface area contributed by atoms with Crippen LogP contribution in [-0.4, -0.2) is 5.11 Å². The summed E-state index contributed by atoms with van der Waals surface area (Å²) in [7, 11) is 0. The van der Waals surface area contributed by atoms with Crippen molar-refractivity contribution in [3.8, 4) is 5.75 Å². The maximum Gasteiger partial charge on any atom is 0.137 e. The van der Waals surface area contributed by atoms with Crippen molar-refractivity contribution in [2.75, 3.05) is 5.32 Å². The number of anilines is 1. The molecule has 0 spiro atoms. The Kier molecular flexibility index (Phi) is 4.32. The van der Waals surface area contributed by atoms with Crippen molar-refractivity contribution in [1.29, 1.82) is 0 Å². The highest BCUT2D eigenvalue weighted by atomic mass is 79.9. The second kappa shape index (κ2) is 5.80. The lowest BCUT2D eigenvalue weighted by Gasteiger charge is -2.12. The molecule has 0 saturated carbocycles. The molecule has 2 rings (SSSR count). The molecular formula is C14H12BrClFNO. The van der Waals surface area contributed by atoms with Crippen LogP contribution in [0.1, 0.15) is 11.1 Å². The van der Waals surface area contributed by atoms with Gasteiger partial charge in [0.2, 0.25) is 0 Å². The molecule has 0 bridgehead atoms. The second-order valence-corrected chi connectivity index (χ2v) is 5.43. The molecule has 0 aliphatic heterocycles. The Labute approximate surface area is 124 Å². The van der Waals surface area contributed by atoms with Crippen molar-refractivity contribution >= 4 is 33.2 Å². The Hall–Kier alpha value is -1.26. The third-order valence-electron chi connectivity index (χ3n) is 2.82. The van der Waals surface area contributed by atoms with E-state index >= 15 is 0 Å². The summed E-state index contributed by atoms with van der Waals surface area (Å²) in [6.45, 7) is 2.18. The molecular weight excluding hydrogens is 333 g/mol. The van der Waals surface area contributed by atoms with Crippen LogP contribution >= 0.6 is 27.5 Å². The van der Waals surface area contributed by atoms with Gasteiger partial charge in [0, 0.05) is 22.8 Å². The highest BCUT2D eigenvalue weighted by Gasteiger charge is 2.08. The van der Waals surface area contributed by atoms with Gasteiger partial charge in [-0.1, -0.05) is 17.7 Å². The average molecular weight is 345 g/mol. The van der Waals surface area contributed by atoms with Crippen molar-refractivity contribution < 1.29 is 9.50 Å². The molecule has 19 heavy (non-hydrogen) atoms. The van der Waals surface area contributed by atoms with Crippen molar-refractivity contribution in [2.45, 2.75) is 13.5 Å². The first-order valence-corrected chi connectivity index (χ1v) is 6.82. The summed E-state index contributed by atoms with van der Waals surface area (Å²) < 4.78 is 13.7. The number of rotatable bonds is 3. The van der Waals surface area contributed by atoms with Crippen LogP contribution < -0.4 is 5.32 Å². The van der Waals surface area contributed by atoms with Gasteiger partial charge in [0.15, 0.2) is 0 Å². The maximum absolute atomic E-state index is 13.3. The third-order valence-corrected chi connectivity index (χ3v) is 3.78. The fraction of sp³-hybridized carbons (Fsp3) is 0.143. The number of phenols is 1. The number of hydrogen-bond donors (Lipinski definition) is 2. The predicted octanol–water partition coefficient (Wildman–Crippen LogP) is 4.87. The zero-order chi connectivity index (χ0) is 14.0. The minimum atomic E-state index is -0.302. The quantitative estimate of drug-likeness (QED) is 0.833. The van der Waals surface area contributed by atoms with E-state index in [4.69, 9.17) is 11.6 Å². The molecule has 0 heterocycles. The van der Waals surface area contributed by atoms with Gasteiger partial charge in [-0.3, -0.25) is 0 Å². The molecule has 2 nitrogen and oxygen atoms in total. The van der Waals surface area contributed by atoms with Crippen LogP contribution in [0.4, 0.5) is 10.1 Å². The molecule has 5 heteroatoms. The third kappa shape index (κ3) is 3.19. The fourth-order valence-electron chi connectivity index (χ4n) is 1.74. The van der Waals surface area contributed by atoms with E-state index in [9.17, 15) is 9.50 Å². The molecule has 2 N–H and O–H groups in total. The SMILES string of the molecule is Cc1cc(F)c(Br)cc1NCc1c(O)cccc1Cl. The van der Waals surface area contributed by atoms with E-state index in [0.717, 1.165) is 11.3 Å². The first-order valence-electron chi connectivity index (χ1n) is 5.65. The van der Waals surface area contributed by atoms with Crippen LogP contribution in [0.5, 0.6) is 5.75 Å². The van der Waals surface area contributed by atoms with Gasteiger partial charge in [-0.25, -0.2) is 4.39 Å². The van der Waals surface area contributed by atoms with Crippen LogP contribution in [0.2, 0.25) is 5.02 Å². The number of halogens is 3. The monoisotopic (exact) mass is 343 g/mol. The number of aromatic hydroxyl groups is 1. The van der Waals surface area contributed by atoms with Gasteiger partial charge in [0.25, 0.3) is 0 Å². The molecule has 0 saturated heterocycles. The molecule has 100 valence electrons. The van der Waals surface area contributed by atoms with Crippen LogP contribution in [0.3, 0.4) is 0 Å². The number of nitrogens with one attached hydrogen (secondary N) is 1. The molecule has 0 fully saturated rings. The summed E-state index contributed by atoms with van der Waals surface area (Å²) in [4.78, 5) is 0. The molecule has 0 radical (unpaired) electrons. The number of hydrogen-bond acceptors (Lipinski definition) is 2. The van der Waals surface area contributed by atoms with Crippen LogP contribution in [0.25, 0.3) is 0 Å². The zero-order valence-electron chi connectivity index (χ0n) is 10.2. The average Bonchev–Trinajstić information content (AvgIpc) is 2.34. The van der Waals surface area contributed by atoms with E-state index in [1.165, 1.54) is 6.07 Å². The molecule has 0 amide bonds. The summed E-state index contributed by atoms with van der Waals surface area (Å²) in [5.41, 5.74) is 2.18. The Bertz CT molecular complexity index is 598. The van der Waals surface area contributed by atoms with Gasteiger partial charge in [0.05, 0.1) is 4.47 Å². The van der Waals surface area contributed by atoms with E-state index in [1.807, 2.05) is 6.92 Å². The Balaban J connectivity index is 2.22. The minimum absolute atomic E-state index is 0.138. The maximum atomic E-state index is 13.3. The van der Waals surface area contributed by atoms with E-state index in [0.29, 0.717) is 21.6 Å². The van der Waals surface area contributed by atoms with Gasteiger partial charge in [0.1, 0.15) is 11.6 Å². The van der Waals surface area contributed by atoms with E-state index < -0.39 is 0 Å². The van der Waals surface area contributed by atoms with Gasteiger partial charge in [-0.15, -0.1) is 0 Å². The summed E-state index contributed by atoms with van der Waals surface area (Å²) >= 11 is 9.17. The lowest BCUT2D eigenvalue weighted by Crippen LogP contribution is -2.02. The lowest BCUT2D eigenvalue weighted by atomic mass is 10.1. The number of aryl methyl sites for hydroxylation is 1. The van der Waals surface area contributed by atoms with E-state index in [-0.39, 0.29) is 11.6 Å². The van der Waals surface area contributed by atoms with Crippen molar-refractivity contribution in [3.05, 3.63) is 56.8 Å². The van der Waals surface area contributed by atoms with Crippen LogP contribution in [0.15, 0.2) is 34.8 Å². The zero-order valence-corrected chi connectivity index (χ0v) is 12.5. The highest BCUT2D eigenvalue weighted by molar-refractivity contribution is 9.10. The molecule has 2 aromatic carbocycles. The standard InChI is InChI=1S/C14H12BrClFNO/c1-8-5-12(17)10(15)6-13(8)18-7-9-11(16)3-2-4-14(9)19/h2-6,18-19H,7H2,1H3. The van der Waals surface area contributed by atoms with Crippen LogP contribution in [0, 0.1) is 12.7 Å². The first-order chi connectivity index (χ1) is 8.99. The Morgan fingerprint density at radius 1 is 1.37 bits per heavy atom. The first kappa shape index (κ1) is 14.2. The van der Waals surface area contributed by atoms with E-state index in [1.54, 1.807) is 24.3 Å². The lowest BCUT2D eigenvalue weighted by molar-refractivity contribution is 0.469. The normalized spacial score (nSPS) is 10.5. The number of benzene rings is 2. The topological polar surface area (TPSA) is 32.3 Å². The molecule has 0 aliphatic rings. The molecule has 0 atom stereocenters. The van der Waals surface area contributed by atoms with E-state index in [2.05, 4.69) is 21.2 Å². The molecule has 0 aliphatic carbocycles. The summed E-state index contributed by atoms with van der Waals surface area (Å²) in [6, 6.07) is 8.08. The van der Waals surface area contributed by atoms with Crippen molar-refractivity contribution in [3.63, 3.8) is 0 Å². The second-order valence-electron chi connectivity index (χ2n) is 4.17.